The van der Waals surface area contributed by atoms with Gasteiger partial charge in [-0.3, -0.25) is 4.79 Å². The van der Waals surface area contributed by atoms with Gasteiger partial charge in [0.1, 0.15) is 6.04 Å². The number of amides is 1. The van der Waals surface area contributed by atoms with E-state index in [4.69, 9.17) is 5.73 Å². The first-order valence-electron chi connectivity index (χ1n) is 6.81. The Kier molecular flexibility index (Phi) is 3.97. The lowest BCUT2D eigenvalue weighted by molar-refractivity contribution is -0.145. The second kappa shape index (κ2) is 5.53. The highest BCUT2D eigenvalue weighted by molar-refractivity contribution is 5.97. The Balaban J connectivity index is 2.30. The molecule has 0 radical (unpaired) electrons. The molecule has 1 aromatic carbocycles. The molecule has 0 spiro atoms. The number of rotatable bonds is 2. The van der Waals surface area contributed by atoms with Crippen LogP contribution in [-0.2, 0) is 4.79 Å². The smallest absolute Gasteiger partial charge is 0.326 e. The van der Waals surface area contributed by atoms with E-state index in [9.17, 15) is 14.7 Å². The van der Waals surface area contributed by atoms with Crippen molar-refractivity contribution in [2.75, 3.05) is 12.3 Å². The largest absolute Gasteiger partial charge is 0.480 e. The fourth-order valence-corrected chi connectivity index (χ4v) is 2.73. The van der Waals surface area contributed by atoms with Gasteiger partial charge in [-0.25, -0.2) is 4.79 Å². The number of carboxylic acid groups (broad SMARTS) is 1. The van der Waals surface area contributed by atoms with Crippen molar-refractivity contribution in [2.45, 2.75) is 32.7 Å². The highest BCUT2D eigenvalue weighted by Gasteiger charge is 2.37. The number of likely N-dealkylation sites (tertiary alicyclic amines) is 1. The van der Waals surface area contributed by atoms with Crippen molar-refractivity contribution < 1.29 is 14.7 Å². The Bertz CT molecular complexity index is 542. The minimum Gasteiger partial charge on any atom is -0.480 e. The summed E-state index contributed by atoms with van der Waals surface area (Å²) in [7, 11) is 0. The van der Waals surface area contributed by atoms with Crippen LogP contribution in [0, 0.1) is 12.8 Å². The second-order valence-electron chi connectivity index (χ2n) is 5.47. The van der Waals surface area contributed by atoms with Crippen molar-refractivity contribution in [1.82, 2.24) is 4.90 Å². The third-order valence-corrected chi connectivity index (χ3v) is 3.97. The Morgan fingerprint density at radius 3 is 2.70 bits per heavy atom. The zero-order chi connectivity index (χ0) is 14.9. The van der Waals surface area contributed by atoms with Gasteiger partial charge in [0, 0.05) is 17.8 Å². The minimum absolute atomic E-state index is 0.0343. The predicted molar refractivity (Wildman–Crippen MR) is 76.4 cm³/mol. The number of piperidine rings is 1. The molecule has 5 heteroatoms. The van der Waals surface area contributed by atoms with Crippen molar-refractivity contribution in [3.05, 3.63) is 29.3 Å². The molecule has 1 fully saturated rings. The molecule has 5 nitrogen and oxygen atoms in total. The third-order valence-electron chi connectivity index (χ3n) is 3.97. The first-order chi connectivity index (χ1) is 9.41. The summed E-state index contributed by atoms with van der Waals surface area (Å²) < 4.78 is 0. The zero-order valence-corrected chi connectivity index (χ0v) is 11.8. The Morgan fingerprint density at radius 1 is 1.40 bits per heavy atom. The number of benzene rings is 1. The van der Waals surface area contributed by atoms with Crippen LogP contribution in [0.2, 0.25) is 0 Å². The van der Waals surface area contributed by atoms with Crippen LogP contribution in [-0.4, -0.2) is 34.5 Å². The number of nitrogen functional groups attached to an aromatic ring is 1. The fourth-order valence-electron chi connectivity index (χ4n) is 2.73. The van der Waals surface area contributed by atoms with E-state index in [1.165, 1.54) is 4.90 Å². The van der Waals surface area contributed by atoms with E-state index in [-0.39, 0.29) is 11.8 Å². The summed E-state index contributed by atoms with van der Waals surface area (Å²) >= 11 is 0. The van der Waals surface area contributed by atoms with Gasteiger partial charge in [0.2, 0.25) is 0 Å². The van der Waals surface area contributed by atoms with Gasteiger partial charge in [-0.05, 0) is 43.4 Å². The normalized spacial score (nSPS) is 22.6. The van der Waals surface area contributed by atoms with Gasteiger partial charge in [-0.15, -0.1) is 0 Å². The van der Waals surface area contributed by atoms with Crippen molar-refractivity contribution in [3.63, 3.8) is 0 Å². The maximum atomic E-state index is 12.5. The molecule has 1 heterocycles. The van der Waals surface area contributed by atoms with Crippen LogP contribution >= 0.6 is 0 Å². The highest BCUT2D eigenvalue weighted by Crippen LogP contribution is 2.26. The van der Waals surface area contributed by atoms with Gasteiger partial charge >= 0.3 is 5.97 Å². The molecule has 1 aliphatic heterocycles. The van der Waals surface area contributed by atoms with Gasteiger partial charge in [0.05, 0.1) is 0 Å². The summed E-state index contributed by atoms with van der Waals surface area (Å²) in [5, 5.41) is 9.35. The van der Waals surface area contributed by atoms with Crippen LogP contribution in [0.3, 0.4) is 0 Å². The van der Waals surface area contributed by atoms with E-state index in [1.807, 2.05) is 13.8 Å². The molecule has 20 heavy (non-hydrogen) atoms. The number of aryl methyl sites for hydroxylation is 1. The molecular formula is C15H20N2O3. The molecule has 0 aromatic heterocycles. The lowest BCUT2D eigenvalue weighted by Crippen LogP contribution is -2.51. The summed E-state index contributed by atoms with van der Waals surface area (Å²) in [6.07, 6.45) is 1.66. The summed E-state index contributed by atoms with van der Waals surface area (Å²) in [5.41, 5.74) is 7.73. The molecule has 2 rings (SSSR count). The SMILES string of the molecule is Cc1ccc(C(=O)N2CCCC(C)C2C(=O)O)cc1N. The van der Waals surface area contributed by atoms with Gasteiger partial charge in [0.25, 0.3) is 5.91 Å². The average molecular weight is 276 g/mol. The summed E-state index contributed by atoms with van der Waals surface area (Å²) in [6.45, 7) is 4.22. The van der Waals surface area contributed by atoms with Gasteiger partial charge in [-0.2, -0.15) is 0 Å². The maximum Gasteiger partial charge on any atom is 0.326 e. The van der Waals surface area contributed by atoms with Crippen LogP contribution in [0.25, 0.3) is 0 Å². The van der Waals surface area contributed by atoms with Crippen molar-refractivity contribution in [2.24, 2.45) is 5.92 Å². The number of hydrogen-bond acceptors (Lipinski definition) is 3. The third kappa shape index (κ3) is 2.61. The molecule has 3 N–H and O–H groups in total. The van der Waals surface area contributed by atoms with Gasteiger partial charge in [-0.1, -0.05) is 13.0 Å². The number of carbonyl (C=O) groups excluding carboxylic acids is 1. The minimum atomic E-state index is -0.939. The predicted octanol–water partition coefficient (Wildman–Crippen LogP) is 1.90. The summed E-state index contributed by atoms with van der Waals surface area (Å²) in [4.78, 5) is 25.4. The molecule has 1 saturated heterocycles. The molecule has 0 aliphatic carbocycles. The summed E-state index contributed by atoms with van der Waals surface area (Å²) in [6, 6.07) is 4.35. The van der Waals surface area contributed by atoms with Crippen LogP contribution in [0.1, 0.15) is 35.7 Å². The van der Waals surface area contributed by atoms with Crippen LogP contribution in [0.15, 0.2) is 18.2 Å². The maximum absolute atomic E-state index is 12.5. The van der Waals surface area contributed by atoms with E-state index in [0.29, 0.717) is 17.8 Å². The number of aliphatic carboxylic acids is 1. The second-order valence-corrected chi connectivity index (χ2v) is 5.47. The van der Waals surface area contributed by atoms with E-state index in [1.54, 1.807) is 18.2 Å². The molecule has 2 atom stereocenters. The monoisotopic (exact) mass is 276 g/mol. The molecule has 1 aromatic rings. The van der Waals surface area contributed by atoms with Crippen molar-refractivity contribution >= 4 is 17.6 Å². The molecule has 1 amide bonds. The Morgan fingerprint density at radius 2 is 2.10 bits per heavy atom. The number of nitrogens with two attached hydrogens (primary N) is 1. The molecule has 0 saturated carbocycles. The quantitative estimate of drug-likeness (QED) is 0.808. The summed E-state index contributed by atoms with van der Waals surface area (Å²) in [5.74, 6) is -1.23. The topological polar surface area (TPSA) is 83.6 Å². The standard InChI is InChI=1S/C15H20N2O3/c1-9-5-6-11(8-12(9)16)14(18)17-7-3-4-10(2)13(17)15(19)20/h5-6,8,10,13H,3-4,7,16H2,1-2H3,(H,19,20). The number of carbonyl (C=O) groups is 2. The fraction of sp³-hybridized carbons (Fsp3) is 0.467. The Hall–Kier alpha value is -2.04. The average Bonchev–Trinajstić information content (AvgIpc) is 2.40. The van der Waals surface area contributed by atoms with Gasteiger partial charge < -0.3 is 15.7 Å². The van der Waals surface area contributed by atoms with Crippen molar-refractivity contribution in [3.8, 4) is 0 Å². The molecule has 108 valence electrons. The lowest BCUT2D eigenvalue weighted by atomic mass is 9.90. The Labute approximate surface area is 118 Å². The number of anilines is 1. The van der Waals surface area contributed by atoms with Crippen molar-refractivity contribution in [1.29, 1.82) is 0 Å². The first kappa shape index (κ1) is 14.4. The molecule has 0 bridgehead atoms. The number of nitrogens with zero attached hydrogens (tertiary/aromatic N) is 1. The number of carboxylic acids is 1. The van der Waals surface area contributed by atoms with E-state index >= 15 is 0 Å². The van der Waals surface area contributed by atoms with E-state index in [2.05, 4.69) is 0 Å². The van der Waals surface area contributed by atoms with Crippen LogP contribution in [0.4, 0.5) is 5.69 Å². The molecule has 2 unspecified atom stereocenters. The molecular weight excluding hydrogens is 256 g/mol. The van der Waals surface area contributed by atoms with E-state index < -0.39 is 12.0 Å². The number of hydrogen-bond donors (Lipinski definition) is 2. The van der Waals surface area contributed by atoms with Crippen LogP contribution in [0.5, 0.6) is 0 Å². The van der Waals surface area contributed by atoms with Gasteiger partial charge in [0.15, 0.2) is 0 Å². The van der Waals surface area contributed by atoms with E-state index in [0.717, 1.165) is 18.4 Å². The van der Waals surface area contributed by atoms with Crippen LogP contribution < -0.4 is 5.73 Å². The lowest BCUT2D eigenvalue weighted by Gasteiger charge is -2.37. The molecule has 1 aliphatic rings. The highest BCUT2D eigenvalue weighted by atomic mass is 16.4. The zero-order valence-electron chi connectivity index (χ0n) is 11.8. The first-order valence-corrected chi connectivity index (χ1v) is 6.81.